The fourth-order valence-corrected chi connectivity index (χ4v) is 6.62. The van der Waals surface area contributed by atoms with Crippen molar-refractivity contribution in [2.45, 2.75) is 102 Å². The van der Waals surface area contributed by atoms with Crippen LogP contribution in [0.4, 0.5) is 0 Å². The Bertz CT molecular complexity index is 1110. The zero-order chi connectivity index (χ0) is 37.9. The van der Waals surface area contributed by atoms with E-state index in [0.717, 1.165) is 29.7 Å². The highest BCUT2D eigenvalue weighted by molar-refractivity contribution is 5.47. The number of ether oxygens (including phenoxy) is 7. The van der Waals surface area contributed by atoms with Gasteiger partial charge in [-0.3, -0.25) is 0 Å². The van der Waals surface area contributed by atoms with Crippen LogP contribution in [-0.2, 0) is 38.8 Å². The molecule has 0 fully saturated rings. The predicted octanol–water partition coefficient (Wildman–Crippen LogP) is 10.6. The van der Waals surface area contributed by atoms with Crippen molar-refractivity contribution in [3.8, 4) is 0 Å². The summed E-state index contributed by atoms with van der Waals surface area (Å²) in [5, 5.41) is 0. The van der Waals surface area contributed by atoms with E-state index in [1.807, 2.05) is 18.2 Å². The first-order valence-corrected chi connectivity index (χ1v) is 21.1. The van der Waals surface area contributed by atoms with E-state index in [1.54, 1.807) is 0 Å². The normalized spacial score (nSPS) is 11.7. The summed E-state index contributed by atoms with van der Waals surface area (Å²) in [5.41, 5.74) is 2.50. The summed E-state index contributed by atoms with van der Waals surface area (Å²) in [6.07, 6.45) is 19.3. The molecule has 3 rings (SSSR count). The number of benzene rings is 3. The van der Waals surface area contributed by atoms with Crippen molar-refractivity contribution < 1.29 is 33.2 Å². The van der Waals surface area contributed by atoms with Gasteiger partial charge in [0.2, 0.25) is 0 Å². The minimum atomic E-state index is -0.738. The maximum Gasteiger partial charge on any atom is 0.143 e. The number of hydrogen-bond acceptors (Lipinski definition) is 7. The van der Waals surface area contributed by atoms with Gasteiger partial charge in [-0.25, -0.2) is 0 Å². The topological polar surface area (TPSA) is 64.6 Å². The molecule has 0 saturated carbocycles. The first kappa shape index (κ1) is 45.8. The maximum atomic E-state index is 6.74. The summed E-state index contributed by atoms with van der Waals surface area (Å²) in [7, 11) is 0. The van der Waals surface area contributed by atoms with Crippen LogP contribution in [0.2, 0.25) is 0 Å². The third kappa shape index (κ3) is 20.3. The van der Waals surface area contributed by atoms with Crippen LogP contribution in [0.5, 0.6) is 0 Å². The molecule has 302 valence electrons. The van der Waals surface area contributed by atoms with E-state index in [-0.39, 0.29) is 0 Å². The van der Waals surface area contributed by atoms with Crippen LogP contribution in [0.15, 0.2) is 91.0 Å². The monoisotopic (exact) mass is 749 g/mol. The van der Waals surface area contributed by atoms with Crippen LogP contribution < -0.4 is 0 Å². The van der Waals surface area contributed by atoms with E-state index in [4.69, 9.17) is 33.2 Å². The molecule has 0 heterocycles. The van der Waals surface area contributed by atoms with E-state index in [2.05, 4.69) is 79.7 Å². The van der Waals surface area contributed by atoms with Crippen molar-refractivity contribution >= 4 is 0 Å². The molecule has 0 aliphatic rings. The van der Waals surface area contributed by atoms with Gasteiger partial charge in [-0.15, -0.1) is 0 Å². The average molecular weight is 749 g/mol. The smallest absolute Gasteiger partial charge is 0.143 e. The molecular weight excluding hydrogens is 677 g/mol. The lowest BCUT2D eigenvalue weighted by molar-refractivity contribution is -0.0395. The highest BCUT2D eigenvalue weighted by Crippen LogP contribution is 2.40. The van der Waals surface area contributed by atoms with Gasteiger partial charge < -0.3 is 33.2 Å². The third-order valence-corrected chi connectivity index (χ3v) is 9.59. The van der Waals surface area contributed by atoms with Gasteiger partial charge in [-0.1, -0.05) is 181 Å². The Hall–Kier alpha value is -2.62. The first-order valence-electron chi connectivity index (χ1n) is 21.1. The molecule has 3 aromatic carbocycles. The third-order valence-electron chi connectivity index (χ3n) is 9.59. The Morgan fingerprint density at radius 2 is 0.556 bits per heavy atom. The summed E-state index contributed by atoms with van der Waals surface area (Å²) in [5.74, 6) is 0. The minimum Gasteiger partial charge on any atom is -0.379 e. The molecule has 7 nitrogen and oxygen atoms in total. The molecule has 0 aliphatic heterocycles. The molecule has 7 heteroatoms. The van der Waals surface area contributed by atoms with E-state index >= 15 is 0 Å². The van der Waals surface area contributed by atoms with Crippen LogP contribution in [0, 0.1) is 0 Å². The number of unbranched alkanes of at least 4 members (excludes halogenated alkanes) is 13. The van der Waals surface area contributed by atoms with Crippen molar-refractivity contribution in [3.63, 3.8) is 0 Å². The number of hydrogen-bond donors (Lipinski definition) is 0. The largest absolute Gasteiger partial charge is 0.379 e. The van der Waals surface area contributed by atoms with Gasteiger partial charge >= 0.3 is 0 Å². The van der Waals surface area contributed by atoms with Gasteiger partial charge in [-0.2, -0.15) is 0 Å². The Labute approximate surface area is 328 Å². The highest BCUT2D eigenvalue weighted by atomic mass is 16.6. The Kier molecular flexibility index (Phi) is 27.6. The van der Waals surface area contributed by atoms with Gasteiger partial charge in [0.25, 0.3) is 0 Å². The van der Waals surface area contributed by atoms with Gasteiger partial charge in [0, 0.05) is 6.61 Å². The van der Waals surface area contributed by atoms with Crippen molar-refractivity contribution in [1.29, 1.82) is 0 Å². The van der Waals surface area contributed by atoms with Gasteiger partial charge in [0.1, 0.15) is 5.60 Å². The number of rotatable bonds is 37. The average Bonchev–Trinajstić information content (AvgIpc) is 3.22. The van der Waals surface area contributed by atoms with Crippen LogP contribution in [0.1, 0.15) is 114 Å². The van der Waals surface area contributed by atoms with Crippen LogP contribution >= 0.6 is 0 Å². The zero-order valence-corrected chi connectivity index (χ0v) is 33.6. The Morgan fingerprint density at radius 3 is 0.870 bits per heavy atom. The zero-order valence-electron chi connectivity index (χ0n) is 33.6. The molecule has 0 unspecified atom stereocenters. The molecule has 0 radical (unpaired) electrons. The van der Waals surface area contributed by atoms with Crippen molar-refractivity contribution in [3.05, 3.63) is 108 Å². The molecule has 0 atom stereocenters. The molecular formula is C47H72O7. The second-order valence-corrected chi connectivity index (χ2v) is 13.9. The standard InChI is InChI=1S/C47H72O7/c1-2-3-4-5-6-7-8-9-10-11-12-13-14-24-31-48-32-33-49-34-35-50-36-37-51-38-39-52-40-41-53-42-43-54-47(44-25-18-15-19-26-44,45-27-20-16-21-28-45)46-29-22-17-23-30-46/h15-23,25-30H,2-14,24,31-43H2,1H3. The SMILES string of the molecule is CCCCCCCCCCCCCCCCOCCOCCOCCOCCOCCOCCOC(c1ccccc1)(c1ccccc1)c1ccccc1. The first-order chi connectivity index (χ1) is 26.9. The van der Waals surface area contributed by atoms with Crippen LogP contribution in [0.25, 0.3) is 0 Å². The Balaban J connectivity index is 1.06. The summed E-state index contributed by atoms with van der Waals surface area (Å²) < 4.78 is 40.8. The van der Waals surface area contributed by atoms with E-state index < -0.39 is 5.60 Å². The summed E-state index contributed by atoms with van der Waals surface area (Å²) in [4.78, 5) is 0. The van der Waals surface area contributed by atoms with E-state index in [1.165, 1.54) is 83.5 Å². The summed E-state index contributed by atoms with van der Waals surface area (Å²) in [6, 6.07) is 31.1. The predicted molar refractivity (Wildman–Crippen MR) is 220 cm³/mol. The maximum absolute atomic E-state index is 6.74. The lowest BCUT2D eigenvalue weighted by Gasteiger charge is -2.36. The quantitative estimate of drug-likeness (QED) is 0.0430. The molecule has 0 spiro atoms. The van der Waals surface area contributed by atoms with Gasteiger partial charge in [-0.05, 0) is 23.1 Å². The van der Waals surface area contributed by atoms with E-state index in [9.17, 15) is 0 Å². The van der Waals surface area contributed by atoms with Gasteiger partial charge in [0.05, 0.1) is 79.3 Å². The lowest BCUT2D eigenvalue weighted by atomic mass is 9.80. The molecule has 0 amide bonds. The molecule has 0 aromatic heterocycles. The molecule has 0 N–H and O–H groups in total. The van der Waals surface area contributed by atoms with E-state index in [0.29, 0.717) is 79.3 Å². The van der Waals surface area contributed by atoms with Crippen molar-refractivity contribution in [2.75, 3.05) is 85.9 Å². The highest BCUT2D eigenvalue weighted by Gasteiger charge is 2.37. The van der Waals surface area contributed by atoms with Crippen LogP contribution in [-0.4, -0.2) is 85.9 Å². The molecule has 54 heavy (non-hydrogen) atoms. The molecule has 3 aromatic rings. The fourth-order valence-electron chi connectivity index (χ4n) is 6.62. The second-order valence-electron chi connectivity index (χ2n) is 13.9. The lowest BCUT2D eigenvalue weighted by Crippen LogP contribution is -2.34. The summed E-state index contributed by atoms with van der Waals surface area (Å²) in [6.45, 7) is 9.51. The Morgan fingerprint density at radius 1 is 0.296 bits per heavy atom. The van der Waals surface area contributed by atoms with Crippen molar-refractivity contribution in [2.24, 2.45) is 0 Å². The second kappa shape index (κ2) is 32.6. The molecule has 0 saturated heterocycles. The fraction of sp³-hybridized carbons (Fsp3) is 0.617. The summed E-state index contributed by atoms with van der Waals surface area (Å²) >= 11 is 0. The molecule has 0 bridgehead atoms. The minimum absolute atomic E-state index is 0.431. The molecule has 0 aliphatic carbocycles. The van der Waals surface area contributed by atoms with Crippen molar-refractivity contribution in [1.82, 2.24) is 0 Å². The van der Waals surface area contributed by atoms with Gasteiger partial charge in [0.15, 0.2) is 0 Å². The van der Waals surface area contributed by atoms with Crippen LogP contribution in [0.3, 0.4) is 0 Å².